The minimum absolute atomic E-state index is 0. The Bertz CT molecular complexity index is 657. The maximum absolute atomic E-state index is 12.2. The molecule has 2 N–H and O–H groups in total. The van der Waals surface area contributed by atoms with Gasteiger partial charge in [0.25, 0.3) is 0 Å². The first-order valence-corrected chi connectivity index (χ1v) is 11.6. The third kappa shape index (κ3) is 9.78. The molecule has 1 aromatic rings. The zero-order valence-corrected chi connectivity index (χ0v) is 19.6. The molecule has 0 spiro atoms. The van der Waals surface area contributed by atoms with Gasteiger partial charge >= 0.3 is 0 Å². The van der Waals surface area contributed by atoms with Crippen LogP contribution in [0.3, 0.4) is 0 Å². The molecule has 5 nitrogen and oxygen atoms in total. The Hall–Kier alpha value is -0.830. The molecule has 154 valence electrons. The molecule has 0 aliphatic heterocycles. The lowest BCUT2D eigenvalue weighted by molar-refractivity contribution is 0.329. The van der Waals surface area contributed by atoms with Crippen LogP contribution in [0, 0.1) is 5.92 Å². The van der Waals surface area contributed by atoms with Crippen molar-refractivity contribution in [2.75, 3.05) is 18.8 Å². The van der Waals surface area contributed by atoms with Gasteiger partial charge in [-0.3, -0.25) is 4.99 Å². The number of nitrogens with one attached hydrogen (secondary N) is 2. The average Bonchev–Trinajstić information content (AvgIpc) is 2.61. The van der Waals surface area contributed by atoms with E-state index in [0.29, 0.717) is 19.0 Å². The predicted octanol–water partition coefficient (Wildman–Crippen LogP) is 3.74. The molecule has 0 saturated heterocycles. The fourth-order valence-electron chi connectivity index (χ4n) is 3.29. The van der Waals surface area contributed by atoms with Crippen molar-refractivity contribution in [3.8, 4) is 0 Å². The maximum Gasteiger partial charge on any atom is 0.191 e. The quantitative estimate of drug-likeness (QED) is 0.244. The van der Waals surface area contributed by atoms with E-state index in [-0.39, 0.29) is 35.5 Å². The van der Waals surface area contributed by atoms with Crippen LogP contribution in [0.2, 0.25) is 0 Å². The van der Waals surface area contributed by atoms with Gasteiger partial charge < -0.3 is 10.6 Å². The van der Waals surface area contributed by atoms with E-state index in [0.717, 1.165) is 24.0 Å². The van der Waals surface area contributed by atoms with E-state index in [1.807, 2.05) is 37.3 Å². The molecule has 0 heterocycles. The number of hydrogen-bond donors (Lipinski definition) is 2. The molecule has 27 heavy (non-hydrogen) atoms. The Morgan fingerprint density at radius 3 is 2.44 bits per heavy atom. The number of benzene rings is 1. The summed E-state index contributed by atoms with van der Waals surface area (Å²) in [5.41, 5.74) is 0.845. The Morgan fingerprint density at radius 1 is 1.15 bits per heavy atom. The number of hydrogen-bond acceptors (Lipinski definition) is 3. The number of guanidine groups is 1. The molecule has 0 unspecified atom stereocenters. The van der Waals surface area contributed by atoms with Crippen LogP contribution in [0.1, 0.15) is 51.5 Å². The number of rotatable bonds is 8. The average molecular weight is 507 g/mol. The van der Waals surface area contributed by atoms with Gasteiger partial charge in [0.1, 0.15) is 0 Å². The van der Waals surface area contributed by atoms with Crippen molar-refractivity contribution in [2.45, 2.75) is 57.7 Å². The molecule has 1 aliphatic carbocycles. The lowest BCUT2D eigenvalue weighted by Gasteiger charge is -2.28. The van der Waals surface area contributed by atoms with E-state index in [9.17, 15) is 8.42 Å². The fourth-order valence-corrected chi connectivity index (χ4v) is 4.71. The van der Waals surface area contributed by atoms with Gasteiger partial charge in [0.2, 0.25) is 0 Å². The summed E-state index contributed by atoms with van der Waals surface area (Å²) in [6.45, 7) is 5.68. The van der Waals surface area contributed by atoms with Crippen LogP contribution < -0.4 is 10.6 Å². The summed E-state index contributed by atoms with van der Waals surface area (Å²) in [5, 5.41) is 6.77. The van der Waals surface area contributed by atoms with Crippen LogP contribution in [0.4, 0.5) is 0 Å². The molecule has 1 aliphatic rings. The van der Waals surface area contributed by atoms with Gasteiger partial charge in [-0.1, -0.05) is 37.3 Å². The molecule has 2 rings (SSSR count). The normalized spacial score (nSPS) is 20.6. The predicted molar refractivity (Wildman–Crippen MR) is 124 cm³/mol. The molecule has 1 saturated carbocycles. The third-order valence-electron chi connectivity index (χ3n) is 4.81. The first kappa shape index (κ1) is 24.2. The zero-order chi connectivity index (χ0) is 18.8. The highest BCUT2D eigenvalue weighted by atomic mass is 127. The summed E-state index contributed by atoms with van der Waals surface area (Å²) >= 11 is 0. The number of aliphatic imine (C=N–C) groups is 1. The number of sulfone groups is 1. The van der Waals surface area contributed by atoms with Gasteiger partial charge in [0, 0.05) is 19.1 Å². The van der Waals surface area contributed by atoms with Crippen molar-refractivity contribution in [1.82, 2.24) is 10.6 Å². The lowest BCUT2D eigenvalue weighted by Crippen LogP contribution is -2.44. The monoisotopic (exact) mass is 507 g/mol. The van der Waals surface area contributed by atoms with Crippen molar-refractivity contribution >= 4 is 39.8 Å². The van der Waals surface area contributed by atoms with E-state index >= 15 is 0 Å². The largest absolute Gasteiger partial charge is 0.357 e. The van der Waals surface area contributed by atoms with E-state index in [1.165, 1.54) is 25.7 Å². The highest BCUT2D eigenvalue weighted by Gasteiger charge is 2.19. The molecule has 1 fully saturated rings. The van der Waals surface area contributed by atoms with Gasteiger partial charge in [-0.05, 0) is 50.5 Å². The minimum atomic E-state index is -3.09. The van der Waals surface area contributed by atoms with E-state index in [4.69, 9.17) is 0 Å². The second kappa shape index (κ2) is 12.6. The number of nitrogens with zero attached hydrogens (tertiary/aromatic N) is 1. The van der Waals surface area contributed by atoms with Crippen LogP contribution in [0.25, 0.3) is 0 Å². The molecule has 0 bridgehead atoms. The summed E-state index contributed by atoms with van der Waals surface area (Å²) in [6.07, 6.45) is 5.42. The van der Waals surface area contributed by atoms with Crippen LogP contribution in [-0.4, -0.2) is 39.3 Å². The maximum atomic E-state index is 12.2. The summed E-state index contributed by atoms with van der Waals surface area (Å²) < 4.78 is 24.5. The standard InChI is InChI=1S/C20H33N3O2S.HI/c1-3-21-20(23-19-12-10-17(2)11-13-19)22-14-7-15-26(24,25)16-18-8-5-4-6-9-18;/h4-6,8-9,17,19H,3,7,10-16H2,1-2H3,(H2,21,22,23);1H. The molecule has 0 aromatic heterocycles. The van der Waals surface area contributed by atoms with Crippen molar-refractivity contribution in [3.05, 3.63) is 35.9 Å². The molecular formula is C20H34IN3O2S. The summed E-state index contributed by atoms with van der Waals surface area (Å²) in [7, 11) is -3.09. The minimum Gasteiger partial charge on any atom is -0.357 e. The Morgan fingerprint density at radius 2 is 1.81 bits per heavy atom. The number of halogens is 1. The Labute approximate surface area is 181 Å². The first-order valence-electron chi connectivity index (χ1n) is 9.77. The van der Waals surface area contributed by atoms with E-state index in [2.05, 4.69) is 22.5 Å². The topological polar surface area (TPSA) is 70.6 Å². The zero-order valence-electron chi connectivity index (χ0n) is 16.5. The third-order valence-corrected chi connectivity index (χ3v) is 6.50. The fraction of sp³-hybridized carbons (Fsp3) is 0.650. The lowest BCUT2D eigenvalue weighted by atomic mass is 9.87. The molecule has 1 aromatic carbocycles. The SMILES string of the molecule is CCNC(=NCCCS(=O)(=O)Cc1ccccc1)NC1CCC(C)CC1.I. The molecule has 0 radical (unpaired) electrons. The van der Waals surface area contributed by atoms with Crippen molar-refractivity contribution in [2.24, 2.45) is 10.9 Å². The second-order valence-electron chi connectivity index (χ2n) is 7.29. The Balaban J connectivity index is 0.00000364. The van der Waals surface area contributed by atoms with E-state index < -0.39 is 9.84 Å². The van der Waals surface area contributed by atoms with Gasteiger partial charge in [0.15, 0.2) is 15.8 Å². The molecule has 0 atom stereocenters. The van der Waals surface area contributed by atoms with Crippen molar-refractivity contribution in [3.63, 3.8) is 0 Å². The summed E-state index contributed by atoms with van der Waals surface area (Å²) in [5.74, 6) is 1.91. The molecule has 0 amide bonds. The van der Waals surface area contributed by atoms with Gasteiger partial charge in [-0.2, -0.15) is 0 Å². The molecular weight excluding hydrogens is 473 g/mol. The summed E-state index contributed by atoms with van der Waals surface area (Å²) in [4.78, 5) is 4.57. The van der Waals surface area contributed by atoms with E-state index in [1.54, 1.807) is 0 Å². The van der Waals surface area contributed by atoms with Gasteiger partial charge in [-0.25, -0.2) is 8.42 Å². The van der Waals surface area contributed by atoms with Gasteiger partial charge in [0.05, 0.1) is 11.5 Å². The van der Waals surface area contributed by atoms with Gasteiger partial charge in [-0.15, -0.1) is 24.0 Å². The Kier molecular flexibility index (Phi) is 11.3. The summed E-state index contributed by atoms with van der Waals surface area (Å²) in [6, 6.07) is 9.82. The van der Waals surface area contributed by atoms with Crippen LogP contribution in [0.15, 0.2) is 35.3 Å². The second-order valence-corrected chi connectivity index (χ2v) is 9.48. The first-order chi connectivity index (χ1) is 12.5. The molecule has 7 heteroatoms. The highest BCUT2D eigenvalue weighted by molar-refractivity contribution is 14.0. The highest BCUT2D eigenvalue weighted by Crippen LogP contribution is 2.23. The smallest absolute Gasteiger partial charge is 0.191 e. The van der Waals surface area contributed by atoms with Crippen LogP contribution >= 0.6 is 24.0 Å². The van der Waals surface area contributed by atoms with Crippen LogP contribution in [0.5, 0.6) is 0 Å². The van der Waals surface area contributed by atoms with Crippen molar-refractivity contribution < 1.29 is 8.42 Å². The van der Waals surface area contributed by atoms with Crippen molar-refractivity contribution in [1.29, 1.82) is 0 Å². The van der Waals surface area contributed by atoms with Crippen LogP contribution in [-0.2, 0) is 15.6 Å².